The van der Waals surface area contributed by atoms with E-state index < -0.39 is 34.6 Å². The van der Waals surface area contributed by atoms with Crippen LogP contribution in [0, 0.1) is 10.1 Å². The third-order valence-electron chi connectivity index (χ3n) is 4.57. The molecular weight excluding hydrogens is 536 g/mol. The zero-order chi connectivity index (χ0) is 29.6. The fourth-order valence-electron chi connectivity index (χ4n) is 2.83. The van der Waals surface area contributed by atoms with E-state index in [4.69, 9.17) is 28.4 Å². The fraction of sp³-hybridized carbons (Fsp3) is 0.560. The molecule has 0 spiro atoms. The molecule has 0 fully saturated rings. The van der Waals surface area contributed by atoms with Gasteiger partial charge in [0, 0.05) is 22.6 Å². The molecule has 0 aliphatic carbocycles. The highest BCUT2D eigenvalue weighted by atomic mass is 32.2. The number of nitro benzene ring substituents is 1. The average Bonchev–Trinajstić information content (AvgIpc) is 2.85. The molecule has 0 aliphatic rings. The van der Waals surface area contributed by atoms with Crippen LogP contribution in [0.2, 0.25) is 0 Å². The number of alkyl carbamates (subject to hydrolysis) is 1. The van der Waals surface area contributed by atoms with Crippen molar-refractivity contribution in [3.8, 4) is 11.5 Å². The summed E-state index contributed by atoms with van der Waals surface area (Å²) in [5.74, 6) is -0.576. The topological polar surface area (TPSA) is 162 Å². The molecule has 0 aliphatic heterocycles. The number of hydrogen-bond donors (Lipinski definition) is 1. The Morgan fingerprint density at radius 2 is 1.77 bits per heavy atom. The van der Waals surface area contributed by atoms with Gasteiger partial charge in [-0.2, -0.15) is 11.8 Å². The molecule has 1 aromatic rings. The van der Waals surface area contributed by atoms with E-state index in [0.29, 0.717) is 5.56 Å². The maximum absolute atomic E-state index is 12.1. The monoisotopic (exact) mass is 572 g/mol. The maximum atomic E-state index is 12.1. The highest BCUT2D eigenvalue weighted by Gasteiger charge is 2.26. The molecule has 1 aromatic carbocycles. The first kappa shape index (κ1) is 33.5. The van der Waals surface area contributed by atoms with Gasteiger partial charge in [-0.15, -0.1) is 0 Å². The smallest absolute Gasteiger partial charge is 0.408 e. The molecular formula is C25H36N2O11S. The molecule has 39 heavy (non-hydrogen) atoms. The Hall–Kier alpha value is -3.52. The molecule has 0 heterocycles. The van der Waals surface area contributed by atoms with E-state index in [1.54, 1.807) is 20.8 Å². The molecule has 218 valence electrons. The number of hydrogen-bond acceptors (Lipinski definition) is 12. The Balaban J connectivity index is 2.77. The number of amides is 1. The van der Waals surface area contributed by atoms with Crippen molar-refractivity contribution in [3.05, 3.63) is 40.0 Å². The van der Waals surface area contributed by atoms with Crippen molar-refractivity contribution >= 4 is 35.5 Å². The number of nitrogens with zero attached hydrogens (tertiary/aromatic N) is 1. The normalized spacial score (nSPS) is 11.6. The van der Waals surface area contributed by atoms with Crippen molar-refractivity contribution in [3.63, 3.8) is 0 Å². The van der Waals surface area contributed by atoms with E-state index in [1.165, 1.54) is 45.0 Å². The predicted molar refractivity (Wildman–Crippen MR) is 143 cm³/mol. The molecule has 13 nitrogen and oxygen atoms in total. The van der Waals surface area contributed by atoms with Crippen molar-refractivity contribution in [2.24, 2.45) is 0 Å². The van der Waals surface area contributed by atoms with Crippen molar-refractivity contribution in [2.45, 2.75) is 45.1 Å². The first-order valence-corrected chi connectivity index (χ1v) is 13.0. The zero-order valence-electron chi connectivity index (χ0n) is 23.0. The standard InChI is InChI=1S/C25H36N2O11S/c1-16(2)22(28)37-11-9-35-8-10-36-21-13-19(27(31)32)17(12-20(21)33-6)14-39-15-18(23(29)34-7)26-24(30)38-25(3,4)5/h12-13,18H,1,8-11,14-15H2,2-7H3,(H,26,30). The number of thioether (sulfide) groups is 1. The second-order valence-electron chi connectivity index (χ2n) is 9.00. The van der Waals surface area contributed by atoms with Gasteiger partial charge in [0.25, 0.3) is 5.69 Å². The summed E-state index contributed by atoms with van der Waals surface area (Å²) in [5, 5.41) is 14.2. The molecule has 1 atom stereocenters. The summed E-state index contributed by atoms with van der Waals surface area (Å²) in [7, 11) is 2.59. The number of nitro groups is 1. The Bertz CT molecular complexity index is 1020. The Morgan fingerprint density at radius 3 is 2.33 bits per heavy atom. The van der Waals surface area contributed by atoms with Gasteiger partial charge >= 0.3 is 18.0 Å². The summed E-state index contributed by atoms with van der Waals surface area (Å²) in [6.07, 6.45) is -0.787. The number of benzene rings is 1. The molecule has 1 amide bonds. The van der Waals surface area contributed by atoms with Gasteiger partial charge in [0.2, 0.25) is 0 Å². The van der Waals surface area contributed by atoms with Crippen LogP contribution in [-0.2, 0) is 34.3 Å². The number of rotatable bonds is 16. The minimum atomic E-state index is -1.03. The minimum Gasteiger partial charge on any atom is -0.493 e. The minimum absolute atomic E-state index is 0.0526. The molecule has 14 heteroatoms. The van der Waals surface area contributed by atoms with Crippen LogP contribution >= 0.6 is 11.8 Å². The molecule has 1 unspecified atom stereocenters. The average molecular weight is 573 g/mol. The molecule has 0 radical (unpaired) electrons. The Labute approximate surface area is 231 Å². The van der Waals surface area contributed by atoms with Crippen LogP contribution in [0.3, 0.4) is 0 Å². The molecule has 1 N–H and O–H groups in total. The number of methoxy groups -OCH3 is 2. The maximum Gasteiger partial charge on any atom is 0.408 e. The SMILES string of the molecule is C=C(C)C(=O)OCCOCCOc1cc([N+](=O)[O-])c(CSCC(NC(=O)OC(C)(C)C)C(=O)OC)cc1OC. The second-order valence-corrected chi connectivity index (χ2v) is 10.0. The first-order chi connectivity index (χ1) is 18.3. The summed E-state index contributed by atoms with van der Waals surface area (Å²) in [6.45, 7) is 10.5. The Morgan fingerprint density at radius 1 is 1.10 bits per heavy atom. The highest BCUT2D eigenvalue weighted by molar-refractivity contribution is 7.98. The third kappa shape index (κ3) is 12.7. The van der Waals surface area contributed by atoms with E-state index in [-0.39, 0.29) is 60.7 Å². The molecule has 0 saturated heterocycles. The van der Waals surface area contributed by atoms with Crippen LogP contribution in [0.25, 0.3) is 0 Å². The molecule has 0 saturated carbocycles. The number of ether oxygens (including phenoxy) is 6. The third-order valence-corrected chi connectivity index (χ3v) is 5.66. The summed E-state index contributed by atoms with van der Waals surface area (Å²) in [5.41, 5.74) is -0.356. The molecule has 1 rings (SSSR count). The van der Waals surface area contributed by atoms with Gasteiger partial charge in [-0.1, -0.05) is 6.58 Å². The van der Waals surface area contributed by atoms with Gasteiger partial charge in [0.15, 0.2) is 11.5 Å². The van der Waals surface area contributed by atoms with Crippen molar-refractivity contribution < 1.29 is 47.7 Å². The Kier molecular flexibility index (Phi) is 14.1. The van der Waals surface area contributed by atoms with Gasteiger partial charge in [-0.05, 0) is 33.8 Å². The van der Waals surface area contributed by atoms with E-state index in [0.717, 1.165) is 0 Å². The van der Waals surface area contributed by atoms with E-state index >= 15 is 0 Å². The second kappa shape index (κ2) is 16.4. The van der Waals surface area contributed by atoms with E-state index in [2.05, 4.69) is 11.9 Å². The van der Waals surface area contributed by atoms with Crippen LogP contribution in [0.4, 0.5) is 10.5 Å². The van der Waals surface area contributed by atoms with Crippen LogP contribution in [0.1, 0.15) is 33.3 Å². The summed E-state index contributed by atoms with van der Waals surface area (Å²) < 4.78 is 31.1. The summed E-state index contributed by atoms with van der Waals surface area (Å²) >= 11 is 1.17. The van der Waals surface area contributed by atoms with Crippen molar-refractivity contribution in [1.29, 1.82) is 0 Å². The van der Waals surface area contributed by atoms with Crippen LogP contribution in [0.5, 0.6) is 11.5 Å². The lowest BCUT2D eigenvalue weighted by Crippen LogP contribution is -2.45. The molecule has 0 bridgehead atoms. The lowest BCUT2D eigenvalue weighted by atomic mass is 10.2. The van der Waals surface area contributed by atoms with Gasteiger partial charge in [0.1, 0.15) is 24.9 Å². The van der Waals surface area contributed by atoms with Gasteiger partial charge in [-0.3, -0.25) is 10.1 Å². The van der Waals surface area contributed by atoms with Crippen LogP contribution in [0.15, 0.2) is 24.3 Å². The van der Waals surface area contributed by atoms with Crippen LogP contribution in [-0.4, -0.2) is 81.0 Å². The quantitative estimate of drug-likeness (QED) is 0.0768. The molecule has 0 aromatic heterocycles. The predicted octanol–water partition coefficient (Wildman–Crippen LogP) is 3.42. The van der Waals surface area contributed by atoms with Crippen LogP contribution < -0.4 is 14.8 Å². The fourth-order valence-corrected chi connectivity index (χ4v) is 3.85. The van der Waals surface area contributed by atoms with Gasteiger partial charge in [0.05, 0.1) is 38.4 Å². The first-order valence-electron chi connectivity index (χ1n) is 11.8. The van der Waals surface area contributed by atoms with E-state index in [9.17, 15) is 24.5 Å². The zero-order valence-corrected chi connectivity index (χ0v) is 23.8. The van der Waals surface area contributed by atoms with Gasteiger partial charge < -0.3 is 33.7 Å². The van der Waals surface area contributed by atoms with Crippen molar-refractivity contribution in [1.82, 2.24) is 5.32 Å². The number of nitrogens with one attached hydrogen (secondary N) is 1. The summed E-state index contributed by atoms with van der Waals surface area (Å²) in [4.78, 5) is 46.7. The lowest BCUT2D eigenvalue weighted by molar-refractivity contribution is -0.385. The lowest BCUT2D eigenvalue weighted by Gasteiger charge is -2.22. The highest BCUT2D eigenvalue weighted by Crippen LogP contribution is 2.36. The largest absolute Gasteiger partial charge is 0.493 e. The van der Waals surface area contributed by atoms with Crippen molar-refractivity contribution in [2.75, 3.05) is 46.4 Å². The number of esters is 2. The number of carbonyl (C=O) groups excluding carboxylic acids is 3. The van der Waals surface area contributed by atoms with Gasteiger partial charge in [-0.25, -0.2) is 14.4 Å². The van der Waals surface area contributed by atoms with E-state index in [1.807, 2.05) is 0 Å². The summed E-state index contributed by atoms with van der Waals surface area (Å²) in [6, 6.07) is 1.70. The number of carbonyl (C=O) groups is 3.